The minimum Gasteiger partial charge on any atom is -0.503 e. The van der Waals surface area contributed by atoms with Crippen LogP contribution < -0.4 is 9.75 Å². The zero-order chi connectivity index (χ0) is 34.5. The number of ether oxygens (including phenoxy) is 1. The van der Waals surface area contributed by atoms with E-state index >= 15 is 0 Å². The third-order valence-corrected chi connectivity index (χ3v) is 12.1. The number of pyridine rings is 1. The molecule has 3 fully saturated rings. The van der Waals surface area contributed by atoms with Gasteiger partial charge in [0.2, 0.25) is 0 Å². The molecule has 3 heterocycles. The lowest BCUT2D eigenvalue weighted by atomic mass is 9.56. The van der Waals surface area contributed by atoms with Gasteiger partial charge in [-0.25, -0.2) is 4.98 Å². The lowest BCUT2D eigenvalue weighted by Gasteiger charge is -2.50. The summed E-state index contributed by atoms with van der Waals surface area (Å²) in [6, 6.07) is 4.58. The van der Waals surface area contributed by atoms with Crippen LogP contribution >= 0.6 is 66.7 Å². The van der Waals surface area contributed by atoms with Gasteiger partial charge in [0, 0.05) is 13.0 Å². The minimum atomic E-state index is -4.83. The molecule has 1 saturated carbocycles. The fourth-order valence-corrected chi connectivity index (χ4v) is 9.35. The molecular formula is C29H22Br2Cl3F3N4O6. The summed E-state index contributed by atoms with van der Waals surface area (Å²) in [6.07, 6.45) is -3.46. The Hall–Kier alpha value is -2.59. The van der Waals surface area contributed by atoms with E-state index < -0.39 is 74.7 Å². The molecule has 2 aromatic rings. The predicted molar refractivity (Wildman–Crippen MR) is 170 cm³/mol. The van der Waals surface area contributed by atoms with Crippen molar-refractivity contribution in [1.82, 2.24) is 14.9 Å². The number of fused-ring (bicyclic) bond motifs is 4. The van der Waals surface area contributed by atoms with E-state index in [1.807, 2.05) is 0 Å². The van der Waals surface area contributed by atoms with Gasteiger partial charge in [0.25, 0.3) is 23.6 Å². The van der Waals surface area contributed by atoms with Crippen LogP contribution in [0.4, 0.5) is 19.0 Å². The number of likely N-dealkylation sites (tertiary alicyclic amines) is 1. The summed E-state index contributed by atoms with van der Waals surface area (Å²) in [6.45, 7) is 0. The average Bonchev–Trinajstić information content (AvgIpc) is 3.35. The maximum Gasteiger partial charge on any atom is 0.433 e. The first kappa shape index (κ1) is 34.3. The Morgan fingerprint density at radius 2 is 1.81 bits per heavy atom. The number of halogens is 8. The standard InChI is InChI=1S/C29H22Br2Cl3F3N4O6/c1-39(22-16(32)5-6-18(38-22)29(35,36)37)41-23(43)13-4-3-12-14(19(13)24(41)44)9-27(33)25(45)40(10-30)26(46)28(27,34)20(12)11-7-15(31)21(42)17(8-11)47-2/h3,5-8,13-14,19-20,42H,4,9-10H2,1-2H3. The Morgan fingerprint density at radius 3 is 2.43 bits per heavy atom. The highest BCUT2D eigenvalue weighted by Crippen LogP contribution is 2.66. The van der Waals surface area contributed by atoms with Crippen molar-refractivity contribution in [3.8, 4) is 11.5 Å². The molecule has 4 aliphatic rings. The van der Waals surface area contributed by atoms with E-state index in [1.54, 1.807) is 6.08 Å². The molecule has 10 nitrogen and oxygen atoms in total. The van der Waals surface area contributed by atoms with Crippen molar-refractivity contribution < 1.29 is 42.2 Å². The van der Waals surface area contributed by atoms with Gasteiger partial charge in [-0.15, -0.1) is 23.2 Å². The fourth-order valence-electron chi connectivity index (χ4n) is 7.23. The van der Waals surface area contributed by atoms with Gasteiger partial charge in [-0.3, -0.25) is 29.1 Å². The number of allylic oxidation sites excluding steroid dienone is 2. The second-order valence-electron chi connectivity index (χ2n) is 11.6. The van der Waals surface area contributed by atoms with Crippen LogP contribution in [0.3, 0.4) is 0 Å². The fraction of sp³-hybridized carbons (Fsp3) is 0.414. The molecule has 0 bridgehead atoms. The van der Waals surface area contributed by atoms with Crippen LogP contribution in [0, 0.1) is 17.8 Å². The van der Waals surface area contributed by atoms with E-state index in [4.69, 9.17) is 39.5 Å². The molecule has 0 spiro atoms. The van der Waals surface area contributed by atoms with E-state index in [2.05, 4.69) is 36.8 Å². The number of phenolic OH excluding ortho intramolecular Hbond substituents is 1. The summed E-state index contributed by atoms with van der Waals surface area (Å²) in [7, 11) is 2.51. The molecule has 6 rings (SSSR count). The molecule has 2 aliphatic carbocycles. The van der Waals surface area contributed by atoms with Crippen LogP contribution in [-0.4, -0.2) is 73.0 Å². The second-order valence-corrected chi connectivity index (χ2v) is 14.6. The molecular weight excluding hydrogens is 824 g/mol. The van der Waals surface area contributed by atoms with E-state index in [0.29, 0.717) is 22.2 Å². The number of imide groups is 2. The van der Waals surface area contributed by atoms with E-state index in [1.165, 1.54) is 26.3 Å². The summed E-state index contributed by atoms with van der Waals surface area (Å²) < 4.78 is 46.0. The van der Waals surface area contributed by atoms with Crippen molar-refractivity contribution in [3.63, 3.8) is 0 Å². The molecule has 0 radical (unpaired) electrons. The van der Waals surface area contributed by atoms with Crippen LogP contribution in [0.2, 0.25) is 5.02 Å². The molecule has 2 aliphatic heterocycles. The average molecular weight is 846 g/mol. The number of hydrogen-bond acceptors (Lipinski definition) is 8. The normalized spacial score (nSPS) is 30.3. The zero-order valence-corrected chi connectivity index (χ0v) is 29.6. The molecule has 2 saturated heterocycles. The van der Waals surface area contributed by atoms with Gasteiger partial charge in [0.1, 0.15) is 5.69 Å². The van der Waals surface area contributed by atoms with Crippen molar-refractivity contribution in [2.24, 2.45) is 17.8 Å². The number of nitrogens with zero attached hydrogens (tertiary/aromatic N) is 4. The van der Waals surface area contributed by atoms with Crippen molar-refractivity contribution in [2.45, 2.75) is 34.7 Å². The Bertz CT molecular complexity index is 1800. The Balaban J connectivity index is 1.49. The summed E-state index contributed by atoms with van der Waals surface area (Å²) in [5.41, 5.74) is -0.725. The summed E-state index contributed by atoms with van der Waals surface area (Å²) in [5, 5.41) is 11.9. The van der Waals surface area contributed by atoms with Gasteiger partial charge >= 0.3 is 6.18 Å². The highest BCUT2D eigenvalue weighted by molar-refractivity contribution is 9.10. The predicted octanol–water partition coefficient (Wildman–Crippen LogP) is 5.99. The van der Waals surface area contributed by atoms with Crippen molar-refractivity contribution >= 4 is 96.1 Å². The summed E-state index contributed by atoms with van der Waals surface area (Å²) in [4.78, 5) is 56.1. The van der Waals surface area contributed by atoms with Gasteiger partial charge in [-0.2, -0.15) is 18.2 Å². The third-order valence-electron chi connectivity index (χ3n) is 9.32. The summed E-state index contributed by atoms with van der Waals surface area (Å²) >= 11 is 27.1. The minimum absolute atomic E-state index is 0.00535. The second kappa shape index (κ2) is 11.5. The molecule has 4 amide bonds. The lowest BCUT2D eigenvalue weighted by Crippen LogP contribution is -2.60. The van der Waals surface area contributed by atoms with Crippen molar-refractivity contribution in [2.75, 3.05) is 24.6 Å². The largest absolute Gasteiger partial charge is 0.503 e. The lowest BCUT2D eigenvalue weighted by molar-refractivity contribution is -0.142. The van der Waals surface area contributed by atoms with Crippen LogP contribution in [0.1, 0.15) is 30.0 Å². The summed E-state index contributed by atoms with van der Waals surface area (Å²) in [5.74, 6) is -8.01. The number of alkyl halides is 6. The number of anilines is 1. The first-order chi connectivity index (χ1) is 21.9. The number of aromatic nitrogens is 1. The smallest absolute Gasteiger partial charge is 0.433 e. The maximum absolute atomic E-state index is 14.2. The highest BCUT2D eigenvalue weighted by atomic mass is 79.9. The third kappa shape index (κ3) is 4.73. The highest BCUT2D eigenvalue weighted by Gasteiger charge is 2.76. The van der Waals surface area contributed by atoms with Crippen LogP contribution in [0.25, 0.3) is 0 Å². The van der Waals surface area contributed by atoms with Crippen LogP contribution in [0.5, 0.6) is 11.5 Å². The Morgan fingerprint density at radius 1 is 1.13 bits per heavy atom. The molecule has 250 valence electrons. The van der Waals surface area contributed by atoms with Gasteiger partial charge in [0.15, 0.2) is 27.1 Å². The van der Waals surface area contributed by atoms with Gasteiger partial charge in [0.05, 0.1) is 33.9 Å². The molecule has 47 heavy (non-hydrogen) atoms. The number of amides is 4. The van der Waals surface area contributed by atoms with Gasteiger partial charge in [-0.1, -0.05) is 39.2 Å². The number of methoxy groups -OCH3 is 1. The molecule has 1 N–H and O–H groups in total. The number of benzene rings is 1. The van der Waals surface area contributed by atoms with E-state index in [9.17, 15) is 37.5 Å². The molecule has 6 unspecified atom stereocenters. The Kier molecular flexibility index (Phi) is 8.38. The monoisotopic (exact) mass is 842 g/mol. The maximum atomic E-state index is 14.2. The number of hydrogen-bond donors (Lipinski definition) is 1. The molecule has 6 atom stereocenters. The number of rotatable bonds is 5. The number of carbonyl (C=O) groups excluding carboxylic acids is 4. The number of phenols is 1. The first-order valence-corrected chi connectivity index (χ1v) is 16.9. The van der Waals surface area contributed by atoms with Gasteiger partial charge < -0.3 is 9.84 Å². The first-order valence-electron chi connectivity index (χ1n) is 13.9. The Labute approximate surface area is 297 Å². The molecule has 1 aromatic carbocycles. The number of hydrazine groups is 1. The van der Waals surface area contributed by atoms with Crippen molar-refractivity contribution in [1.29, 1.82) is 0 Å². The van der Waals surface area contributed by atoms with Crippen LogP contribution in [-0.2, 0) is 25.4 Å². The number of aromatic hydroxyl groups is 1. The number of carbonyl (C=O) groups is 4. The van der Waals surface area contributed by atoms with Gasteiger partial charge in [-0.05, 0) is 64.5 Å². The van der Waals surface area contributed by atoms with E-state index in [-0.39, 0.29) is 39.3 Å². The molecule has 1 aromatic heterocycles. The topological polar surface area (TPSA) is 120 Å². The van der Waals surface area contributed by atoms with Crippen LogP contribution in [0.15, 0.2) is 40.4 Å². The van der Waals surface area contributed by atoms with E-state index in [0.717, 1.165) is 16.0 Å². The van der Waals surface area contributed by atoms with Crippen molar-refractivity contribution in [3.05, 3.63) is 56.7 Å². The quantitative estimate of drug-likeness (QED) is 0.169. The zero-order valence-electron chi connectivity index (χ0n) is 24.1. The SMILES string of the molecule is COc1cc(C2C3=CCC4C(=O)N(N(C)c5nc(C(F)(F)F)ccc5Cl)C(=O)C4C3CC3(Cl)C(=O)N(CBr)C(=O)C23Cl)cc(Br)c1O. The molecule has 18 heteroatoms.